The molecule has 0 saturated carbocycles. The van der Waals surface area contributed by atoms with Gasteiger partial charge in [-0.3, -0.25) is 0 Å². The van der Waals surface area contributed by atoms with Crippen LogP contribution in [0.5, 0.6) is 0 Å². The molecule has 0 aliphatic heterocycles. The average Bonchev–Trinajstić information content (AvgIpc) is 3.02. The number of hydrogen-bond acceptors (Lipinski definition) is 0. The van der Waals surface area contributed by atoms with Gasteiger partial charge in [-0.1, -0.05) is 265 Å². The molecule has 43 heavy (non-hydrogen) atoms. The normalized spacial score (nSPS) is 13.1. The second-order valence-electron chi connectivity index (χ2n) is 14.9. The van der Waals surface area contributed by atoms with Crippen molar-refractivity contribution in [2.45, 2.75) is 265 Å². The third-order valence-electron chi connectivity index (χ3n) is 10.6. The lowest BCUT2D eigenvalue weighted by atomic mass is 9.78. The summed E-state index contributed by atoms with van der Waals surface area (Å²) in [6.45, 7) is 9.35. The predicted octanol–water partition coefficient (Wildman–Crippen LogP) is 16.7. The van der Waals surface area contributed by atoms with Gasteiger partial charge in [-0.2, -0.15) is 0 Å². The van der Waals surface area contributed by atoms with Crippen molar-refractivity contribution in [2.75, 3.05) is 0 Å². The molecular weight excluding hydrogens is 516 g/mol. The first kappa shape index (κ1) is 43.0. The first-order chi connectivity index (χ1) is 21.3. The summed E-state index contributed by atoms with van der Waals surface area (Å²) in [6.07, 6.45) is 54.8. The van der Waals surface area contributed by atoms with E-state index in [1.165, 1.54) is 212 Å². The number of unbranched alkanes of at least 4 members (excludes halogenated alkanes) is 29. The highest BCUT2D eigenvalue weighted by Gasteiger charge is 2.20. The topological polar surface area (TPSA) is 0 Å². The fourth-order valence-electron chi connectivity index (χ4n) is 7.57. The molecule has 2 unspecified atom stereocenters. The van der Waals surface area contributed by atoms with E-state index in [1.807, 2.05) is 0 Å². The zero-order valence-corrected chi connectivity index (χ0v) is 31.3. The average molecular weight is 605 g/mol. The van der Waals surface area contributed by atoms with Crippen molar-refractivity contribution in [3.63, 3.8) is 0 Å². The summed E-state index contributed by atoms with van der Waals surface area (Å²) in [7, 11) is 0. The molecule has 0 heterocycles. The van der Waals surface area contributed by atoms with Gasteiger partial charge in [-0.15, -0.1) is 0 Å². The van der Waals surface area contributed by atoms with Crippen LogP contribution >= 0.6 is 0 Å². The van der Waals surface area contributed by atoms with Gasteiger partial charge in [0, 0.05) is 0 Å². The van der Waals surface area contributed by atoms with Crippen LogP contribution < -0.4 is 0 Å². The van der Waals surface area contributed by atoms with Crippen LogP contribution in [0.25, 0.3) is 0 Å². The molecule has 0 N–H and O–H groups in total. The van der Waals surface area contributed by atoms with E-state index in [0.29, 0.717) is 0 Å². The van der Waals surface area contributed by atoms with Crippen LogP contribution in [0.2, 0.25) is 0 Å². The van der Waals surface area contributed by atoms with Gasteiger partial charge in [0.1, 0.15) is 0 Å². The summed E-state index contributed by atoms with van der Waals surface area (Å²) in [5.74, 6) is 2.05. The lowest BCUT2D eigenvalue weighted by Crippen LogP contribution is -2.16. The van der Waals surface area contributed by atoms with E-state index in [9.17, 15) is 0 Å². The fraction of sp³-hybridized carbons (Fsp3) is 1.00. The standard InChI is InChI=1S/C43H88/c1-5-9-13-17-21-24-28-32-36-40-42(38-34-30-26-20-16-12-8-4)43(39-35-31-27-23-19-15-11-7-3)41-37-33-29-25-22-18-14-10-6-2/h42-43H,5-41H2,1-4H3. The number of hydrogen-bond donors (Lipinski definition) is 0. The molecule has 0 nitrogen and oxygen atoms in total. The zero-order chi connectivity index (χ0) is 31.3. The van der Waals surface area contributed by atoms with Gasteiger partial charge < -0.3 is 0 Å². The summed E-state index contributed by atoms with van der Waals surface area (Å²) in [6, 6.07) is 0. The summed E-state index contributed by atoms with van der Waals surface area (Å²) >= 11 is 0. The van der Waals surface area contributed by atoms with Gasteiger partial charge in [0.15, 0.2) is 0 Å². The van der Waals surface area contributed by atoms with Crippen LogP contribution in [0.1, 0.15) is 265 Å². The maximum Gasteiger partial charge on any atom is -0.0386 e. The van der Waals surface area contributed by atoms with Crippen molar-refractivity contribution in [3.8, 4) is 0 Å². The lowest BCUT2D eigenvalue weighted by molar-refractivity contribution is 0.236. The Balaban J connectivity index is 4.74. The molecule has 0 rings (SSSR count). The summed E-state index contributed by atoms with van der Waals surface area (Å²) in [5.41, 5.74) is 0. The van der Waals surface area contributed by atoms with Crippen LogP contribution in [-0.2, 0) is 0 Å². The molecule has 0 radical (unpaired) electrons. The van der Waals surface area contributed by atoms with Crippen molar-refractivity contribution in [2.24, 2.45) is 11.8 Å². The Hall–Kier alpha value is 0. The van der Waals surface area contributed by atoms with Gasteiger partial charge >= 0.3 is 0 Å². The molecule has 0 aromatic heterocycles. The SMILES string of the molecule is CCCCCCCCCCCC(CCCCCCCCC)C(CCCCCCCCCC)CCCCCCCCCCC. The lowest BCUT2D eigenvalue weighted by Gasteiger charge is -2.28. The van der Waals surface area contributed by atoms with Gasteiger partial charge in [0.25, 0.3) is 0 Å². The van der Waals surface area contributed by atoms with Crippen LogP contribution in [0.4, 0.5) is 0 Å². The van der Waals surface area contributed by atoms with Gasteiger partial charge in [0.05, 0.1) is 0 Å². The van der Waals surface area contributed by atoms with E-state index in [-0.39, 0.29) is 0 Å². The third-order valence-corrected chi connectivity index (χ3v) is 10.6. The first-order valence-electron chi connectivity index (χ1n) is 21.3. The van der Waals surface area contributed by atoms with E-state index >= 15 is 0 Å². The van der Waals surface area contributed by atoms with Crippen molar-refractivity contribution in [1.29, 1.82) is 0 Å². The molecule has 0 fully saturated rings. The Morgan fingerprint density at radius 1 is 0.186 bits per heavy atom. The molecule has 0 aromatic carbocycles. The van der Waals surface area contributed by atoms with Crippen LogP contribution in [0.15, 0.2) is 0 Å². The van der Waals surface area contributed by atoms with E-state index in [2.05, 4.69) is 27.7 Å². The Kier molecular flexibility index (Phi) is 38.2. The minimum Gasteiger partial charge on any atom is -0.0654 e. The van der Waals surface area contributed by atoms with E-state index < -0.39 is 0 Å². The highest BCUT2D eigenvalue weighted by Crippen LogP contribution is 2.34. The molecule has 0 heteroatoms. The fourth-order valence-corrected chi connectivity index (χ4v) is 7.57. The maximum absolute atomic E-state index is 2.34. The van der Waals surface area contributed by atoms with Gasteiger partial charge in [-0.05, 0) is 11.8 Å². The monoisotopic (exact) mass is 605 g/mol. The first-order valence-corrected chi connectivity index (χ1v) is 21.3. The van der Waals surface area contributed by atoms with Gasteiger partial charge in [0.2, 0.25) is 0 Å². The van der Waals surface area contributed by atoms with E-state index in [1.54, 1.807) is 25.7 Å². The second-order valence-corrected chi connectivity index (χ2v) is 14.9. The molecule has 0 saturated heterocycles. The van der Waals surface area contributed by atoms with Crippen LogP contribution in [-0.4, -0.2) is 0 Å². The van der Waals surface area contributed by atoms with Crippen molar-refractivity contribution < 1.29 is 0 Å². The Bertz CT molecular complexity index is 467. The Labute approximate surface area is 276 Å². The molecule has 0 amide bonds. The van der Waals surface area contributed by atoms with Gasteiger partial charge in [-0.25, -0.2) is 0 Å². The molecule has 2 atom stereocenters. The minimum atomic E-state index is 1.03. The molecule has 0 bridgehead atoms. The highest BCUT2D eigenvalue weighted by molar-refractivity contribution is 4.72. The van der Waals surface area contributed by atoms with E-state index in [0.717, 1.165) is 11.8 Å². The molecular formula is C43H88. The summed E-state index contributed by atoms with van der Waals surface area (Å²) < 4.78 is 0. The molecule has 260 valence electrons. The second kappa shape index (κ2) is 38.2. The Morgan fingerprint density at radius 2 is 0.326 bits per heavy atom. The van der Waals surface area contributed by atoms with Crippen LogP contribution in [0, 0.1) is 11.8 Å². The molecule has 0 aliphatic rings. The number of rotatable bonds is 38. The Morgan fingerprint density at radius 3 is 0.488 bits per heavy atom. The molecule has 0 spiro atoms. The van der Waals surface area contributed by atoms with Crippen LogP contribution in [0.3, 0.4) is 0 Å². The van der Waals surface area contributed by atoms with Crippen molar-refractivity contribution in [3.05, 3.63) is 0 Å². The van der Waals surface area contributed by atoms with Crippen molar-refractivity contribution in [1.82, 2.24) is 0 Å². The third kappa shape index (κ3) is 33.2. The molecule has 0 aliphatic carbocycles. The maximum atomic E-state index is 2.34. The smallest absolute Gasteiger partial charge is 0.0386 e. The largest absolute Gasteiger partial charge is 0.0654 e. The minimum absolute atomic E-state index is 1.03. The van der Waals surface area contributed by atoms with Crippen molar-refractivity contribution >= 4 is 0 Å². The summed E-state index contributed by atoms with van der Waals surface area (Å²) in [5, 5.41) is 0. The quantitative estimate of drug-likeness (QED) is 0.0615. The van der Waals surface area contributed by atoms with E-state index in [4.69, 9.17) is 0 Å². The molecule has 0 aromatic rings. The highest BCUT2D eigenvalue weighted by atomic mass is 14.3. The summed E-state index contributed by atoms with van der Waals surface area (Å²) in [4.78, 5) is 0. The zero-order valence-electron chi connectivity index (χ0n) is 31.3. The predicted molar refractivity (Wildman–Crippen MR) is 201 cm³/mol.